The van der Waals surface area contributed by atoms with Gasteiger partial charge in [-0.2, -0.15) is 0 Å². The molecule has 136 valence electrons. The van der Waals surface area contributed by atoms with Crippen molar-refractivity contribution >= 4 is 31.9 Å². The Bertz CT molecular complexity index is 632. The fourth-order valence-corrected chi connectivity index (χ4v) is 3.90. The van der Waals surface area contributed by atoms with Crippen LogP contribution in [0.15, 0.2) is 33.6 Å². The van der Waals surface area contributed by atoms with Crippen LogP contribution in [-0.4, -0.2) is 26.9 Å². The van der Waals surface area contributed by atoms with Crippen LogP contribution in [0.25, 0.3) is 0 Å². The van der Waals surface area contributed by atoms with E-state index < -0.39 is 10.0 Å². The second-order valence-corrected chi connectivity index (χ2v) is 9.08. The Morgan fingerprint density at radius 3 is 2.54 bits per heavy atom. The van der Waals surface area contributed by atoms with E-state index in [4.69, 9.17) is 0 Å². The maximum Gasteiger partial charge on any atom is 0.240 e. The number of halogens is 1. The van der Waals surface area contributed by atoms with Crippen molar-refractivity contribution in [2.75, 3.05) is 6.54 Å². The Labute approximate surface area is 153 Å². The van der Waals surface area contributed by atoms with Gasteiger partial charge >= 0.3 is 0 Å². The second kappa shape index (κ2) is 10.2. The zero-order valence-electron chi connectivity index (χ0n) is 14.5. The summed E-state index contributed by atoms with van der Waals surface area (Å²) in [6.45, 7) is 6.42. The first-order valence-electron chi connectivity index (χ1n) is 8.25. The van der Waals surface area contributed by atoms with Crippen LogP contribution in [0.5, 0.6) is 0 Å². The van der Waals surface area contributed by atoms with Crippen LogP contribution in [0.4, 0.5) is 0 Å². The second-order valence-electron chi connectivity index (χ2n) is 6.40. The molecule has 0 aliphatic carbocycles. The predicted molar refractivity (Wildman–Crippen MR) is 100 cm³/mol. The molecule has 1 unspecified atom stereocenters. The van der Waals surface area contributed by atoms with Crippen LogP contribution in [0, 0.1) is 5.92 Å². The summed E-state index contributed by atoms with van der Waals surface area (Å²) in [7, 11) is -3.59. The third-order valence-electron chi connectivity index (χ3n) is 3.58. The van der Waals surface area contributed by atoms with Gasteiger partial charge < -0.3 is 5.32 Å². The zero-order chi connectivity index (χ0) is 18.2. The van der Waals surface area contributed by atoms with Crippen LogP contribution < -0.4 is 10.0 Å². The molecule has 1 atom stereocenters. The highest BCUT2D eigenvalue weighted by atomic mass is 79.9. The zero-order valence-corrected chi connectivity index (χ0v) is 16.9. The normalized spacial score (nSPS) is 13.0. The number of carbonyl (C=O) groups excluding carboxylic acids is 1. The monoisotopic (exact) mass is 418 g/mol. The average molecular weight is 419 g/mol. The van der Waals surface area contributed by atoms with E-state index in [0.29, 0.717) is 10.4 Å². The van der Waals surface area contributed by atoms with Gasteiger partial charge in [-0.25, -0.2) is 13.1 Å². The molecule has 1 rings (SSSR count). The number of hydrogen-bond acceptors (Lipinski definition) is 3. The Hall–Kier alpha value is -0.920. The molecule has 1 aromatic carbocycles. The van der Waals surface area contributed by atoms with E-state index in [9.17, 15) is 13.2 Å². The highest BCUT2D eigenvalue weighted by Crippen LogP contribution is 2.15. The predicted octanol–water partition coefficient (Wildman–Crippen LogP) is 3.45. The molecule has 0 saturated heterocycles. The first-order chi connectivity index (χ1) is 11.2. The third kappa shape index (κ3) is 8.26. The van der Waals surface area contributed by atoms with Crippen molar-refractivity contribution in [3.05, 3.63) is 28.7 Å². The lowest BCUT2D eigenvalue weighted by molar-refractivity contribution is -0.121. The molecule has 0 radical (unpaired) electrons. The molecule has 0 aliphatic rings. The lowest BCUT2D eigenvalue weighted by Crippen LogP contribution is -2.35. The summed E-state index contributed by atoms with van der Waals surface area (Å²) < 4.78 is 27.4. The van der Waals surface area contributed by atoms with Crippen LogP contribution in [0.1, 0.15) is 46.5 Å². The van der Waals surface area contributed by atoms with Gasteiger partial charge in [0.2, 0.25) is 15.9 Å². The smallest absolute Gasteiger partial charge is 0.240 e. The van der Waals surface area contributed by atoms with Gasteiger partial charge in [0.1, 0.15) is 0 Å². The minimum absolute atomic E-state index is 0.0827. The average Bonchev–Trinajstić information content (AvgIpc) is 2.46. The topological polar surface area (TPSA) is 75.3 Å². The third-order valence-corrected chi connectivity index (χ3v) is 5.53. The van der Waals surface area contributed by atoms with Crippen LogP contribution in [0.3, 0.4) is 0 Å². The van der Waals surface area contributed by atoms with Gasteiger partial charge in [0, 0.05) is 23.5 Å². The van der Waals surface area contributed by atoms with Crippen molar-refractivity contribution in [3.63, 3.8) is 0 Å². The van der Waals surface area contributed by atoms with Crippen LogP contribution in [-0.2, 0) is 14.8 Å². The van der Waals surface area contributed by atoms with E-state index in [0.717, 1.165) is 19.3 Å². The Balaban J connectivity index is 2.34. The van der Waals surface area contributed by atoms with Gasteiger partial charge in [0.25, 0.3) is 0 Å². The SMILES string of the molecule is CC(C)CCCC(C)NC(=O)CCNS(=O)(=O)c1cccc(Br)c1. The summed E-state index contributed by atoms with van der Waals surface area (Å²) >= 11 is 3.25. The molecular formula is C17H27BrN2O3S. The number of carbonyl (C=O) groups is 1. The molecule has 0 saturated carbocycles. The minimum Gasteiger partial charge on any atom is -0.354 e. The van der Waals surface area contributed by atoms with Crippen molar-refractivity contribution in [1.82, 2.24) is 10.0 Å². The van der Waals surface area contributed by atoms with Gasteiger partial charge in [0.15, 0.2) is 0 Å². The van der Waals surface area contributed by atoms with E-state index in [1.165, 1.54) is 12.1 Å². The first kappa shape index (κ1) is 21.1. The summed E-state index contributed by atoms with van der Waals surface area (Å²) in [6, 6.07) is 6.57. The van der Waals surface area contributed by atoms with Crippen molar-refractivity contribution in [1.29, 1.82) is 0 Å². The van der Waals surface area contributed by atoms with Crippen molar-refractivity contribution in [2.24, 2.45) is 5.92 Å². The van der Waals surface area contributed by atoms with Crippen molar-refractivity contribution in [3.8, 4) is 0 Å². The molecule has 7 heteroatoms. The van der Waals surface area contributed by atoms with E-state index in [1.54, 1.807) is 12.1 Å². The molecule has 24 heavy (non-hydrogen) atoms. The van der Waals surface area contributed by atoms with Crippen molar-refractivity contribution < 1.29 is 13.2 Å². The van der Waals surface area contributed by atoms with E-state index in [-0.39, 0.29) is 29.8 Å². The van der Waals surface area contributed by atoms with Gasteiger partial charge in [-0.3, -0.25) is 4.79 Å². The first-order valence-corrected chi connectivity index (χ1v) is 10.5. The standard InChI is InChI=1S/C17H27BrN2O3S/c1-13(2)6-4-7-14(3)20-17(21)10-11-19-24(22,23)16-9-5-8-15(18)12-16/h5,8-9,12-14,19H,4,6-7,10-11H2,1-3H3,(H,20,21). The Morgan fingerprint density at radius 1 is 1.21 bits per heavy atom. The lowest BCUT2D eigenvalue weighted by atomic mass is 10.0. The van der Waals surface area contributed by atoms with E-state index >= 15 is 0 Å². The summed E-state index contributed by atoms with van der Waals surface area (Å²) in [6.07, 6.45) is 3.29. The molecule has 0 aliphatic heterocycles. The molecule has 0 heterocycles. The Kier molecular flexibility index (Phi) is 8.94. The summed E-state index contributed by atoms with van der Waals surface area (Å²) in [5.41, 5.74) is 0. The number of sulfonamides is 1. The fourth-order valence-electron chi connectivity index (χ4n) is 2.27. The molecule has 1 aromatic rings. The number of nitrogens with one attached hydrogen (secondary N) is 2. The molecule has 5 nitrogen and oxygen atoms in total. The number of amides is 1. The Morgan fingerprint density at radius 2 is 1.92 bits per heavy atom. The quantitative estimate of drug-likeness (QED) is 0.610. The van der Waals surface area contributed by atoms with Crippen molar-refractivity contribution in [2.45, 2.75) is 57.4 Å². The maximum atomic E-state index is 12.1. The van der Waals surface area contributed by atoms with Crippen LogP contribution in [0.2, 0.25) is 0 Å². The molecule has 0 aromatic heterocycles. The largest absolute Gasteiger partial charge is 0.354 e. The number of rotatable bonds is 10. The summed E-state index contributed by atoms with van der Waals surface area (Å²) in [4.78, 5) is 12.1. The van der Waals surface area contributed by atoms with Gasteiger partial charge in [-0.1, -0.05) is 48.7 Å². The minimum atomic E-state index is -3.59. The highest BCUT2D eigenvalue weighted by molar-refractivity contribution is 9.10. The van der Waals surface area contributed by atoms with E-state index in [2.05, 4.69) is 39.8 Å². The van der Waals surface area contributed by atoms with Crippen LogP contribution >= 0.6 is 15.9 Å². The molecular weight excluding hydrogens is 392 g/mol. The van der Waals surface area contributed by atoms with Gasteiger partial charge in [-0.15, -0.1) is 0 Å². The lowest BCUT2D eigenvalue weighted by Gasteiger charge is -2.14. The molecule has 2 N–H and O–H groups in total. The maximum absolute atomic E-state index is 12.1. The highest BCUT2D eigenvalue weighted by Gasteiger charge is 2.15. The fraction of sp³-hybridized carbons (Fsp3) is 0.588. The summed E-state index contributed by atoms with van der Waals surface area (Å²) in [5.74, 6) is 0.532. The number of hydrogen-bond donors (Lipinski definition) is 2. The van der Waals surface area contributed by atoms with E-state index in [1.807, 2.05) is 6.92 Å². The van der Waals surface area contributed by atoms with Gasteiger partial charge in [0.05, 0.1) is 4.90 Å². The molecule has 0 spiro atoms. The molecule has 0 bridgehead atoms. The molecule has 0 fully saturated rings. The number of benzene rings is 1. The summed E-state index contributed by atoms with van der Waals surface area (Å²) in [5, 5.41) is 2.91. The van der Waals surface area contributed by atoms with Gasteiger partial charge in [-0.05, 0) is 37.5 Å². The molecule has 1 amide bonds.